The van der Waals surface area contributed by atoms with Gasteiger partial charge in [-0.1, -0.05) is 12.1 Å². The zero-order valence-electron chi connectivity index (χ0n) is 10.4. The lowest BCUT2D eigenvalue weighted by molar-refractivity contribution is 0.0755. The summed E-state index contributed by atoms with van der Waals surface area (Å²) in [6, 6.07) is 5.70. The van der Waals surface area contributed by atoms with E-state index in [2.05, 4.69) is 4.84 Å². The zero-order valence-corrected chi connectivity index (χ0v) is 11.1. The first-order chi connectivity index (χ1) is 9.26. The first kappa shape index (κ1) is 14.6. The van der Waals surface area contributed by atoms with Crippen LogP contribution in [0.1, 0.15) is 18.1 Å². The van der Waals surface area contributed by atoms with Crippen LogP contribution in [0.15, 0.2) is 18.2 Å². The van der Waals surface area contributed by atoms with Gasteiger partial charge in [0.2, 0.25) is 0 Å². The fraction of sp³-hybridized carbons (Fsp3) is 0.500. The van der Waals surface area contributed by atoms with Gasteiger partial charge in [0.1, 0.15) is 5.75 Å². The van der Waals surface area contributed by atoms with Gasteiger partial charge in [0.15, 0.2) is 0 Å². The Morgan fingerprint density at radius 3 is 3.11 bits per heavy atom. The Morgan fingerprint density at radius 1 is 1.53 bits per heavy atom. The van der Waals surface area contributed by atoms with Crippen LogP contribution in [-0.2, 0) is 4.65 Å². The normalized spacial score (nSPS) is 18.8. The SMILES string of the molecule is OC[C@H](O)CCOc1cccc2c1[B]OC2CNCl. The van der Waals surface area contributed by atoms with Crippen LogP contribution >= 0.6 is 11.8 Å². The molecule has 1 aromatic rings. The molecule has 103 valence electrons. The van der Waals surface area contributed by atoms with Crippen molar-refractivity contribution in [3.8, 4) is 5.75 Å². The summed E-state index contributed by atoms with van der Waals surface area (Å²) in [5.41, 5.74) is 1.92. The molecular formula is C12H16BClNO4. The minimum absolute atomic E-state index is 0.112. The van der Waals surface area contributed by atoms with Gasteiger partial charge in [-0.05, 0) is 28.9 Å². The number of aliphatic hydroxyl groups is 2. The molecule has 5 nitrogen and oxygen atoms in total. The molecule has 19 heavy (non-hydrogen) atoms. The van der Waals surface area contributed by atoms with Crippen molar-refractivity contribution in [2.24, 2.45) is 0 Å². The number of aliphatic hydroxyl groups excluding tert-OH is 2. The highest BCUT2D eigenvalue weighted by atomic mass is 35.5. The van der Waals surface area contributed by atoms with E-state index in [9.17, 15) is 5.11 Å². The van der Waals surface area contributed by atoms with Crippen LogP contribution in [0.2, 0.25) is 0 Å². The zero-order chi connectivity index (χ0) is 13.7. The van der Waals surface area contributed by atoms with Crippen molar-refractivity contribution in [1.82, 2.24) is 4.84 Å². The molecule has 0 saturated heterocycles. The Kier molecular flexibility index (Phi) is 5.48. The second-order valence-corrected chi connectivity index (χ2v) is 4.58. The van der Waals surface area contributed by atoms with Crippen molar-refractivity contribution in [3.63, 3.8) is 0 Å². The molecule has 1 heterocycles. The van der Waals surface area contributed by atoms with E-state index in [0.29, 0.717) is 25.3 Å². The average Bonchev–Trinajstić information content (AvgIpc) is 2.83. The van der Waals surface area contributed by atoms with Crippen LogP contribution in [0.5, 0.6) is 5.75 Å². The predicted molar refractivity (Wildman–Crippen MR) is 72.7 cm³/mol. The molecule has 2 rings (SSSR count). The molecule has 1 aliphatic heterocycles. The summed E-state index contributed by atoms with van der Waals surface area (Å²) in [4.78, 5) is 2.56. The molecule has 0 amide bonds. The number of rotatable bonds is 7. The number of ether oxygens (including phenoxy) is 1. The van der Waals surface area contributed by atoms with Crippen molar-refractivity contribution in [3.05, 3.63) is 23.8 Å². The van der Waals surface area contributed by atoms with Gasteiger partial charge in [0, 0.05) is 13.0 Å². The molecule has 0 saturated carbocycles. The topological polar surface area (TPSA) is 71.0 Å². The van der Waals surface area contributed by atoms with E-state index in [4.69, 9.17) is 26.3 Å². The van der Waals surface area contributed by atoms with Gasteiger partial charge >= 0.3 is 7.48 Å². The molecule has 0 spiro atoms. The highest BCUT2D eigenvalue weighted by molar-refractivity contribution is 6.50. The molecule has 1 aromatic carbocycles. The summed E-state index contributed by atoms with van der Waals surface area (Å²) in [5.74, 6) is 0.708. The van der Waals surface area contributed by atoms with Crippen LogP contribution in [0.25, 0.3) is 0 Å². The lowest BCUT2D eigenvalue weighted by atomic mass is 9.85. The number of hydrogen-bond donors (Lipinski definition) is 3. The highest BCUT2D eigenvalue weighted by Crippen LogP contribution is 2.24. The third kappa shape index (κ3) is 3.61. The maximum atomic E-state index is 9.26. The quantitative estimate of drug-likeness (QED) is 0.480. The van der Waals surface area contributed by atoms with E-state index in [0.717, 1.165) is 11.0 Å². The van der Waals surface area contributed by atoms with Gasteiger partial charge < -0.3 is 19.6 Å². The van der Waals surface area contributed by atoms with E-state index in [1.807, 2.05) is 18.2 Å². The van der Waals surface area contributed by atoms with E-state index < -0.39 is 6.10 Å². The Bertz CT molecular complexity index is 421. The van der Waals surface area contributed by atoms with E-state index >= 15 is 0 Å². The maximum Gasteiger partial charge on any atom is 0.335 e. The van der Waals surface area contributed by atoms with Gasteiger partial charge in [-0.3, -0.25) is 0 Å². The van der Waals surface area contributed by atoms with Crippen LogP contribution in [-0.4, -0.2) is 43.6 Å². The Labute approximate surface area is 117 Å². The molecule has 1 radical (unpaired) electrons. The summed E-state index contributed by atoms with van der Waals surface area (Å²) >= 11 is 5.50. The van der Waals surface area contributed by atoms with Crippen molar-refractivity contribution < 1.29 is 19.6 Å². The molecule has 3 N–H and O–H groups in total. The first-order valence-electron chi connectivity index (χ1n) is 6.13. The molecule has 2 atom stereocenters. The summed E-state index contributed by atoms with van der Waals surface area (Å²) in [5, 5.41) is 18.0. The van der Waals surface area contributed by atoms with Crippen molar-refractivity contribution in [1.29, 1.82) is 0 Å². The van der Waals surface area contributed by atoms with Crippen molar-refractivity contribution >= 4 is 24.7 Å². The lowest BCUT2D eigenvalue weighted by Crippen LogP contribution is -2.20. The third-order valence-corrected chi connectivity index (χ3v) is 3.13. The Hall–Kier alpha value is -0.785. The number of hydrogen-bond acceptors (Lipinski definition) is 5. The van der Waals surface area contributed by atoms with Crippen LogP contribution in [0, 0.1) is 0 Å². The van der Waals surface area contributed by atoms with Gasteiger partial charge in [0.25, 0.3) is 0 Å². The van der Waals surface area contributed by atoms with Gasteiger partial charge in [-0.25, -0.2) is 4.84 Å². The van der Waals surface area contributed by atoms with Crippen LogP contribution in [0.3, 0.4) is 0 Å². The summed E-state index contributed by atoms with van der Waals surface area (Å²) in [6.45, 7) is 0.594. The minimum atomic E-state index is -0.745. The maximum absolute atomic E-state index is 9.26. The molecule has 1 unspecified atom stereocenters. The monoisotopic (exact) mass is 284 g/mol. The minimum Gasteiger partial charge on any atom is -0.494 e. The van der Waals surface area contributed by atoms with Crippen LogP contribution < -0.4 is 15.0 Å². The number of fused-ring (bicyclic) bond motifs is 1. The predicted octanol–water partition coefficient (Wildman–Crippen LogP) is -0.132. The average molecular weight is 285 g/mol. The smallest absolute Gasteiger partial charge is 0.335 e. The van der Waals surface area contributed by atoms with E-state index in [1.165, 1.54) is 0 Å². The number of benzene rings is 1. The second kappa shape index (κ2) is 7.12. The molecule has 7 heteroatoms. The number of nitrogens with one attached hydrogen (secondary N) is 1. The first-order valence-corrected chi connectivity index (χ1v) is 6.51. The largest absolute Gasteiger partial charge is 0.494 e. The summed E-state index contributed by atoms with van der Waals surface area (Å²) in [7, 11) is 1.66. The van der Waals surface area contributed by atoms with Crippen molar-refractivity contribution in [2.45, 2.75) is 18.6 Å². The highest BCUT2D eigenvalue weighted by Gasteiger charge is 2.27. The van der Waals surface area contributed by atoms with Gasteiger partial charge in [-0.2, -0.15) is 0 Å². The molecule has 0 aromatic heterocycles. The molecular weight excluding hydrogens is 268 g/mol. The van der Waals surface area contributed by atoms with Gasteiger partial charge in [-0.15, -0.1) is 0 Å². The second-order valence-electron chi connectivity index (χ2n) is 4.31. The fourth-order valence-corrected chi connectivity index (χ4v) is 2.08. The third-order valence-electron chi connectivity index (χ3n) is 2.98. The summed E-state index contributed by atoms with van der Waals surface area (Å²) < 4.78 is 11.1. The van der Waals surface area contributed by atoms with E-state index in [-0.39, 0.29) is 12.7 Å². The molecule has 0 bridgehead atoms. The van der Waals surface area contributed by atoms with Crippen LogP contribution in [0.4, 0.5) is 0 Å². The van der Waals surface area contributed by atoms with Gasteiger partial charge in [0.05, 0.1) is 25.4 Å². The number of halogens is 1. The fourth-order valence-electron chi connectivity index (χ4n) is 1.94. The lowest BCUT2D eigenvalue weighted by Gasteiger charge is -2.13. The Balaban J connectivity index is 1.99. The van der Waals surface area contributed by atoms with E-state index in [1.54, 1.807) is 7.48 Å². The molecule has 0 aliphatic carbocycles. The summed E-state index contributed by atoms with van der Waals surface area (Å²) in [6.07, 6.45) is -0.475. The molecule has 0 fully saturated rings. The Morgan fingerprint density at radius 2 is 2.37 bits per heavy atom. The van der Waals surface area contributed by atoms with Crippen molar-refractivity contribution in [2.75, 3.05) is 19.8 Å². The standard InChI is InChI=1S/C12H16BClNO4/c14-15-6-11-9-2-1-3-10(12(9)13-19-11)18-5-4-8(17)7-16/h1-3,8,11,15-17H,4-7H2/t8-,11?/m1/s1. The molecule has 1 aliphatic rings.